The van der Waals surface area contributed by atoms with Crippen molar-refractivity contribution >= 4 is 5.97 Å². The number of hydrogen-bond donors (Lipinski definition) is 1. The van der Waals surface area contributed by atoms with Gasteiger partial charge in [0.15, 0.2) is 0 Å². The topological polar surface area (TPSA) is 63.1 Å². The van der Waals surface area contributed by atoms with Crippen molar-refractivity contribution in [2.45, 2.75) is 39.5 Å². The maximum atomic E-state index is 10.7. The molecule has 0 atom stereocenters. The van der Waals surface area contributed by atoms with Crippen LogP contribution in [0.5, 0.6) is 0 Å². The Balaban J connectivity index is 2.69. The Kier molecular flexibility index (Phi) is 4.21. The summed E-state index contributed by atoms with van der Waals surface area (Å²) in [6, 6.07) is 0. The highest BCUT2D eigenvalue weighted by atomic mass is 16.4. The van der Waals surface area contributed by atoms with Crippen LogP contribution in [0.25, 0.3) is 0 Å². The molecule has 0 radical (unpaired) electrons. The van der Waals surface area contributed by atoms with Gasteiger partial charge in [-0.1, -0.05) is 19.8 Å². The quantitative estimate of drug-likeness (QED) is 0.753. The van der Waals surface area contributed by atoms with Gasteiger partial charge in [-0.05, 0) is 13.3 Å². The second kappa shape index (κ2) is 5.44. The van der Waals surface area contributed by atoms with Gasteiger partial charge in [0, 0.05) is 12.6 Å². The smallest absolute Gasteiger partial charge is 0.339 e. The van der Waals surface area contributed by atoms with Crippen molar-refractivity contribution in [3.05, 3.63) is 23.3 Å². The molecule has 0 aliphatic heterocycles. The lowest BCUT2D eigenvalue weighted by Crippen LogP contribution is -2.06. The van der Waals surface area contributed by atoms with E-state index in [2.05, 4.69) is 16.9 Å². The zero-order valence-corrected chi connectivity index (χ0v) is 9.16. The Morgan fingerprint density at radius 1 is 1.47 bits per heavy atom. The van der Waals surface area contributed by atoms with Crippen LogP contribution >= 0.6 is 0 Å². The zero-order chi connectivity index (χ0) is 11.3. The van der Waals surface area contributed by atoms with Crippen molar-refractivity contribution in [3.63, 3.8) is 0 Å². The predicted molar refractivity (Wildman–Crippen MR) is 57.0 cm³/mol. The molecule has 4 nitrogen and oxygen atoms in total. The second-order valence-corrected chi connectivity index (χ2v) is 3.55. The van der Waals surface area contributed by atoms with Crippen LogP contribution in [0.4, 0.5) is 0 Å². The average Bonchev–Trinajstić information content (AvgIpc) is 2.17. The standard InChI is InChI=1S/C11H16N2O2/c1-3-4-5-6-10-12-7-9(11(14)15)8(2)13-10/h7H,3-6H2,1-2H3,(H,14,15). The first-order chi connectivity index (χ1) is 7.15. The van der Waals surface area contributed by atoms with Crippen LogP contribution in [0.15, 0.2) is 6.20 Å². The van der Waals surface area contributed by atoms with Crippen LogP contribution < -0.4 is 0 Å². The summed E-state index contributed by atoms with van der Waals surface area (Å²) in [5.41, 5.74) is 0.734. The van der Waals surface area contributed by atoms with Gasteiger partial charge in [0.05, 0.1) is 11.3 Å². The first kappa shape index (κ1) is 11.6. The van der Waals surface area contributed by atoms with E-state index in [4.69, 9.17) is 5.11 Å². The van der Waals surface area contributed by atoms with Crippen LogP contribution in [0, 0.1) is 6.92 Å². The molecule has 0 unspecified atom stereocenters. The average molecular weight is 208 g/mol. The van der Waals surface area contributed by atoms with Crippen molar-refractivity contribution in [3.8, 4) is 0 Å². The largest absolute Gasteiger partial charge is 0.478 e. The summed E-state index contributed by atoms with van der Waals surface area (Å²) in [5.74, 6) is -0.224. The fourth-order valence-electron chi connectivity index (χ4n) is 1.38. The van der Waals surface area contributed by atoms with Crippen molar-refractivity contribution in [1.82, 2.24) is 9.97 Å². The van der Waals surface area contributed by atoms with Crippen LogP contribution in [0.2, 0.25) is 0 Å². The van der Waals surface area contributed by atoms with Crippen molar-refractivity contribution < 1.29 is 9.90 Å². The summed E-state index contributed by atoms with van der Waals surface area (Å²) in [6.07, 6.45) is 5.60. The molecule has 0 aromatic carbocycles. The summed E-state index contributed by atoms with van der Waals surface area (Å²) in [6.45, 7) is 3.84. The normalized spacial score (nSPS) is 10.3. The summed E-state index contributed by atoms with van der Waals surface area (Å²) < 4.78 is 0. The van der Waals surface area contributed by atoms with Crippen molar-refractivity contribution in [2.75, 3.05) is 0 Å². The summed E-state index contributed by atoms with van der Waals surface area (Å²) in [7, 11) is 0. The van der Waals surface area contributed by atoms with E-state index in [1.54, 1.807) is 6.92 Å². The number of aromatic carboxylic acids is 1. The fraction of sp³-hybridized carbons (Fsp3) is 0.545. The number of unbranched alkanes of at least 4 members (excludes halogenated alkanes) is 2. The highest BCUT2D eigenvalue weighted by Crippen LogP contribution is 2.06. The summed E-state index contributed by atoms with van der Waals surface area (Å²) >= 11 is 0. The number of carbonyl (C=O) groups is 1. The van der Waals surface area contributed by atoms with E-state index in [0.29, 0.717) is 5.69 Å². The van der Waals surface area contributed by atoms with Gasteiger partial charge in [-0.25, -0.2) is 14.8 Å². The molecule has 0 spiro atoms. The number of carboxylic acid groups (broad SMARTS) is 1. The third kappa shape index (κ3) is 3.31. The fourth-order valence-corrected chi connectivity index (χ4v) is 1.38. The molecule has 1 aromatic rings. The van der Waals surface area contributed by atoms with Crippen LogP contribution in [-0.2, 0) is 6.42 Å². The number of nitrogens with zero attached hydrogens (tertiary/aromatic N) is 2. The number of aromatic nitrogens is 2. The third-order valence-corrected chi connectivity index (χ3v) is 2.26. The molecule has 0 saturated heterocycles. The van der Waals surface area contributed by atoms with Crippen LogP contribution in [-0.4, -0.2) is 21.0 Å². The summed E-state index contributed by atoms with van der Waals surface area (Å²) in [4.78, 5) is 18.9. The van der Waals surface area contributed by atoms with Gasteiger partial charge in [-0.2, -0.15) is 0 Å². The molecule has 0 aliphatic carbocycles. The van der Waals surface area contributed by atoms with Gasteiger partial charge in [0.2, 0.25) is 0 Å². The van der Waals surface area contributed by atoms with Crippen LogP contribution in [0.3, 0.4) is 0 Å². The number of aryl methyl sites for hydroxylation is 2. The van der Waals surface area contributed by atoms with Crippen molar-refractivity contribution in [1.29, 1.82) is 0 Å². The predicted octanol–water partition coefficient (Wildman–Crippen LogP) is 2.22. The Bertz CT molecular complexity index is 350. The van der Waals surface area contributed by atoms with Crippen LogP contribution in [0.1, 0.15) is 48.1 Å². The highest BCUT2D eigenvalue weighted by molar-refractivity contribution is 5.88. The Hall–Kier alpha value is -1.45. The Morgan fingerprint density at radius 3 is 2.73 bits per heavy atom. The SMILES string of the molecule is CCCCCc1ncc(C(=O)O)c(C)n1. The Labute approximate surface area is 89.4 Å². The van der Waals surface area contributed by atoms with E-state index in [1.807, 2.05) is 0 Å². The molecule has 4 heteroatoms. The van der Waals surface area contributed by atoms with Crippen molar-refractivity contribution in [2.24, 2.45) is 0 Å². The van der Waals surface area contributed by atoms with Gasteiger partial charge in [0.25, 0.3) is 0 Å². The maximum Gasteiger partial charge on any atom is 0.339 e. The number of rotatable bonds is 5. The molecule has 0 saturated carbocycles. The molecule has 82 valence electrons. The molecule has 15 heavy (non-hydrogen) atoms. The Morgan fingerprint density at radius 2 is 2.20 bits per heavy atom. The molecule has 0 bridgehead atoms. The molecule has 1 heterocycles. The zero-order valence-electron chi connectivity index (χ0n) is 9.16. The van der Waals surface area contributed by atoms with Gasteiger partial charge >= 0.3 is 5.97 Å². The third-order valence-electron chi connectivity index (χ3n) is 2.26. The number of carboxylic acids is 1. The lowest BCUT2D eigenvalue weighted by atomic mass is 10.2. The lowest BCUT2D eigenvalue weighted by molar-refractivity contribution is 0.0695. The molecule has 1 aromatic heterocycles. The molecule has 0 amide bonds. The van der Waals surface area contributed by atoms with E-state index in [9.17, 15) is 4.79 Å². The number of hydrogen-bond acceptors (Lipinski definition) is 3. The second-order valence-electron chi connectivity index (χ2n) is 3.55. The van der Waals surface area contributed by atoms with E-state index in [-0.39, 0.29) is 5.56 Å². The van der Waals surface area contributed by atoms with Gasteiger partial charge in [-0.15, -0.1) is 0 Å². The molecule has 1 rings (SSSR count). The van der Waals surface area contributed by atoms with E-state index >= 15 is 0 Å². The minimum Gasteiger partial charge on any atom is -0.478 e. The molecule has 0 aliphatic rings. The van der Waals surface area contributed by atoms with E-state index in [0.717, 1.165) is 31.5 Å². The minimum absolute atomic E-state index is 0.189. The van der Waals surface area contributed by atoms with Gasteiger partial charge in [-0.3, -0.25) is 0 Å². The summed E-state index contributed by atoms with van der Waals surface area (Å²) in [5, 5.41) is 8.79. The molecule has 1 N–H and O–H groups in total. The monoisotopic (exact) mass is 208 g/mol. The highest BCUT2D eigenvalue weighted by Gasteiger charge is 2.09. The first-order valence-corrected chi connectivity index (χ1v) is 5.21. The van der Waals surface area contributed by atoms with E-state index < -0.39 is 5.97 Å². The maximum absolute atomic E-state index is 10.7. The van der Waals surface area contributed by atoms with Gasteiger partial charge < -0.3 is 5.11 Å². The molecule has 0 fully saturated rings. The molecular weight excluding hydrogens is 192 g/mol. The first-order valence-electron chi connectivity index (χ1n) is 5.21. The minimum atomic E-state index is -0.965. The van der Waals surface area contributed by atoms with Gasteiger partial charge in [0.1, 0.15) is 5.82 Å². The molecular formula is C11H16N2O2. The van der Waals surface area contributed by atoms with E-state index in [1.165, 1.54) is 6.20 Å². The lowest BCUT2D eigenvalue weighted by Gasteiger charge is -2.03.